The molecule has 1 atom stereocenters. The summed E-state index contributed by atoms with van der Waals surface area (Å²) in [5.41, 5.74) is 2.48. The average Bonchev–Trinajstić information content (AvgIpc) is 2.48. The molecular formula is C18H21F2N. The molecule has 0 saturated carbocycles. The molecule has 0 saturated heterocycles. The maximum atomic E-state index is 13.9. The summed E-state index contributed by atoms with van der Waals surface area (Å²) in [5.74, 6) is -0.515. The molecule has 0 radical (unpaired) electrons. The molecule has 0 aromatic heterocycles. The first-order valence-corrected chi connectivity index (χ1v) is 7.38. The molecule has 1 N–H and O–H groups in total. The lowest BCUT2D eigenvalue weighted by atomic mass is 10.0. The van der Waals surface area contributed by atoms with Gasteiger partial charge in [0.25, 0.3) is 0 Å². The van der Waals surface area contributed by atoms with Crippen molar-refractivity contribution in [3.63, 3.8) is 0 Å². The Morgan fingerprint density at radius 1 is 1.05 bits per heavy atom. The molecular weight excluding hydrogens is 268 g/mol. The van der Waals surface area contributed by atoms with Crippen LogP contribution in [-0.2, 0) is 0 Å². The van der Waals surface area contributed by atoms with Crippen molar-refractivity contribution < 1.29 is 8.78 Å². The number of halogens is 2. The predicted molar refractivity (Wildman–Crippen MR) is 83.4 cm³/mol. The van der Waals surface area contributed by atoms with Crippen molar-refractivity contribution in [3.05, 3.63) is 65.2 Å². The predicted octanol–water partition coefficient (Wildman–Crippen LogP) is 5.62. The summed E-state index contributed by atoms with van der Waals surface area (Å²) in [6.45, 7) is 4.05. The number of hydrogen-bond donors (Lipinski definition) is 1. The van der Waals surface area contributed by atoms with Gasteiger partial charge in [-0.05, 0) is 48.7 Å². The summed E-state index contributed by atoms with van der Waals surface area (Å²) in [7, 11) is 0. The highest BCUT2D eigenvalue weighted by Gasteiger charge is 2.13. The van der Waals surface area contributed by atoms with Crippen LogP contribution in [0.4, 0.5) is 14.5 Å². The number of unbranched alkanes of at least 4 members (excludes halogenated alkanes) is 1. The van der Waals surface area contributed by atoms with E-state index in [1.54, 1.807) is 24.3 Å². The van der Waals surface area contributed by atoms with Crippen LogP contribution < -0.4 is 5.32 Å². The number of hydrogen-bond acceptors (Lipinski definition) is 1. The summed E-state index contributed by atoms with van der Waals surface area (Å²) in [5, 5.41) is 3.26. The third kappa shape index (κ3) is 4.28. The normalized spacial score (nSPS) is 12.2. The molecule has 0 fully saturated rings. The molecule has 112 valence electrons. The Kier molecular flexibility index (Phi) is 5.32. The number of anilines is 1. The standard InChI is InChI=1S/C18H21F2N/c1-3-4-5-17(14-7-9-15(19)10-8-14)21-18-12-13(2)6-11-16(18)20/h6-12,17,21H,3-5H2,1-2H3. The van der Waals surface area contributed by atoms with Gasteiger partial charge in [0, 0.05) is 0 Å². The van der Waals surface area contributed by atoms with Gasteiger partial charge in [-0.1, -0.05) is 38.0 Å². The molecule has 0 spiro atoms. The summed E-state index contributed by atoms with van der Waals surface area (Å²) in [6.07, 6.45) is 2.98. The van der Waals surface area contributed by atoms with Crippen LogP contribution >= 0.6 is 0 Å². The second kappa shape index (κ2) is 7.21. The van der Waals surface area contributed by atoms with Crippen molar-refractivity contribution in [2.24, 2.45) is 0 Å². The first kappa shape index (κ1) is 15.5. The van der Waals surface area contributed by atoms with E-state index in [9.17, 15) is 8.78 Å². The fraction of sp³-hybridized carbons (Fsp3) is 0.333. The van der Waals surface area contributed by atoms with Crippen LogP contribution in [0.3, 0.4) is 0 Å². The molecule has 0 amide bonds. The average molecular weight is 289 g/mol. The van der Waals surface area contributed by atoms with Gasteiger partial charge in [0.15, 0.2) is 0 Å². The minimum absolute atomic E-state index is 0.0122. The zero-order chi connectivity index (χ0) is 15.2. The molecule has 3 heteroatoms. The lowest BCUT2D eigenvalue weighted by Gasteiger charge is -2.21. The lowest BCUT2D eigenvalue weighted by molar-refractivity contribution is 0.602. The highest BCUT2D eigenvalue weighted by Crippen LogP contribution is 2.27. The van der Waals surface area contributed by atoms with Crippen molar-refractivity contribution in [1.82, 2.24) is 0 Å². The van der Waals surface area contributed by atoms with E-state index in [1.165, 1.54) is 18.2 Å². The van der Waals surface area contributed by atoms with E-state index in [1.807, 2.05) is 6.92 Å². The van der Waals surface area contributed by atoms with Crippen molar-refractivity contribution >= 4 is 5.69 Å². The summed E-state index contributed by atoms with van der Waals surface area (Å²) in [4.78, 5) is 0. The molecule has 2 aromatic carbocycles. The number of benzene rings is 2. The van der Waals surface area contributed by atoms with Crippen LogP contribution in [0, 0.1) is 18.6 Å². The summed E-state index contributed by atoms with van der Waals surface area (Å²) >= 11 is 0. The molecule has 2 rings (SSSR count). The van der Waals surface area contributed by atoms with Crippen LogP contribution in [0.5, 0.6) is 0 Å². The SMILES string of the molecule is CCCCC(Nc1cc(C)ccc1F)c1ccc(F)cc1. The summed E-state index contributed by atoms with van der Waals surface area (Å²) < 4.78 is 27.0. The van der Waals surface area contributed by atoms with E-state index in [-0.39, 0.29) is 17.7 Å². The Bertz CT molecular complexity index is 578. The van der Waals surface area contributed by atoms with E-state index in [4.69, 9.17) is 0 Å². The van der Waals surface area contributed by atoms with Gasteiger partial charge >= 0.3 is 0 Å². The third-order valence-corrected chi connectivity index (χ3v) is 3.57. The van der Waals surface area contributed by atoms with E-state index >= 15 is 0 Å². The number of rotatable bonds is 6. The molecule has 0 aliphatic carbocycles. The zero-order valence-electron chi connectivity index (χ0n) is 12.5. The van der Waals surface area contributed by atoms with E-state index in [0.717, 1.165) is 30.4 Å². The molecule has 0 bridgehead atoms. The van der Waals surface area contributed by atoms with Gasteiger partial charge in [0.2, 0.25) is 0 Å². The fourth-order valence-electron chi connectivity index (χ4n) is 2.36. The first-order chi connectivity index (χ1) is 10.1. The zero-order valence-corrected chi connectivity index (χ0v) is 12.5. The lowest BCUT2D eigenvalue weighted by Crippen LogP contribution is -2.12. The van der Waals surface area contributed by atoms with Gasteiger partial charge in [-0.3, -0.25) is 0 Å². The van der Waals surface area contributed by atoms with Crippen molar-refractivity contribution in [3.8, 4) is 0 Å². The highest BCUT2D eigenvalue weighted by molar-refractivity contribution is 5.49. The highest BCUT2D eigenvalue weighted by atomic mass is 19.1. The van der Waals surface area contributed by atoms with Crippen molar-refractivity contribution in [1.29, 1.82) is 0 Å². The fourth-order valence-corrected chi connectivity index (χ4v) is 2.36. The van der Waals surface area contributed by atoms with E-state index in [2.05, 4.69) is 12.2 Å². The van der Waals surface area contributed by atoms with Crippen LogP contribution in [0.25, 0.3) is 0 Å². The van der Waals surface area contributed by atoms with Gasteiger partial charge in [-0.25, -0.2) is 8.78 Å². The minimum atomic E-state index is -0.260. The molecule has 0 heterocycles. The Morgan fingerprint density at radius 2 is 1.76 bits per heavy atom. The second-order valence-corrected chi connectivity index (χ2v) is 5.37. The monoisotopic (exact) mass is 289 g/mol. The Morgan fingerprint density at radius 3 is 2.43 bits per heavy atom. The quantitative estimate of drug-likeness (QED) is 0.728. The van der Waals surface area contributed by atoms with Gasteiger partial charge in [0.05, 0.1) is 11.7 Å². The Balaban J connectivity index is 2.23. The Hall–Kier alpha value is -1.90. The first-order valence-electron chi connectivity index (χ1n) is 7.38. The molecule has 1 unspecified atom stereocenters. The van der Waals surface area contributed by atoms with Crippen LogP contribution in [0.1, 0.15) is 43.4 Å². The molecule has 2 aromatic rings. The second-order valence-electron chi connectivity index (χ2n) is 5.37. The molecule has 21 heavy (non-hydrogen) atoms. The summed E-state index contributed by atoms with van der Waals surface area (Å²) in [6, 6.07) is 11.4. The third-order valence-electron chi connectivity index (χ3n) is 3.57. The van der Waals surface area contributed by atoms with Gasteiger partial charge < -0.3 is 5.32 Å². The van der Waals surface area contributed by atoms with Crippen molar-refractivity contribution in [2.45, 2.75) is 39.2 Å². The van der Waals surface area contributed by atoms with Crippen LogP contribution in [-0.4, -0.2) is 0 Å². The van der Waals surface area contributed by atoms with Gasteiger partial charge in [-0.2, -0.15) is 0 Å². The van der Waals surface area contributed by atoms with Crippen LogP contribution in [0.2, 0.25) is 0 Å². The Labute approximate surface area is 125 Å². The largest absolute Gasteiger partial charge is 0.376 e. The number of aryl methyl sites for hydroxylation is 1. The van der Waals surface area contributed by atoms with Crippen LogP contribution in [0.15, 0.2) is 42.5 Å². The maximum Gasteiger partial charge on any atom is 0.146 e. The van der Waals surface area contributed by atoms with Gasteiger partial charge in [-0.15, -0.1) is 0 Å². The molecule has 0 aliphatic rings. The molecule has 0 aliphatic heterocycles. The van der Waals surface area contributed by atoms with Gasteiger partial charge in [0.1, 0.15) is 11.6 Å². The van der Waals surface area contributed by atoms with Crippen molar-refractivity contribution in [2.75, 3.05) is 5.32 Å². The number of nitrogens with one attached hydrogen (secondary N) is 1. The molecule has 1 nitrogen and oxygen atoms in total. The smallest absolute Gasteiger partial charge is 0.146 e. The minimum Gasteiger partial charge on any atom is -0.376 e. The van der Waals surface area contributed by atoms with E-state index < -0.39 is 0 Å². The van der Waals surface area contributed by atoms with E-state index in [0.29, 0.717) is 5.69 Å². The maximum absolute atomic E-state index is 13.9. The topological polar surface area (TPSA) is 12.0 Å².